The maximum Gasteiger partial charge on any atom is 0.288 e. The van der Waals surface area contributed by atoms with E-state index in [1.165, 1.54) is 30.3 Å². The van der Waals surface area contributed by atoms with Crippen LogP contribution < -0.4 is 10.9 Å². The second kappa shape index (κ2) is 8.50. The number of carbonyl (C=O) groups is 2. The summed E-state index contributed by atoms with van der Waals surface area (Å²) >= 11 is 0. The first-order valence-corrected chi connectivity index (χ1v) is 10.3. The number of nitriles is 1. The van der Waals surface area contributed by atoms with E-state index < -0.39 is 27.4 Å². The molecular formula is C20H16N4O4S. The van der Waals surface area contributed by atoms with E-state index in [0.717, 1.165) is 5.39 Å². The fourth-order valence-electron chi connectivity index (χ4n) is 2.60. The smallest absolute Gasteiger partial charge is 0.272 e. The number of nitrogens with zero attached hydrogens (tertiary/aromatic N) is 2. The number of hydrogen-bond acceptors (Lipinski definition) is 6. The number of hydrazine groups is 1. The number of rotatable bonds is 5. The van der Waals surface area contributed by atoms with Crippen molar-refractivity contribution in [2.24, 2.45) is 0 Å². The predicted molar refractivity (Wildman–Crippen MR) is 106 cm³/mol. The van der Waals surface area contributed by atoms with Crippen LogP contribution in [0.4, 0.5) is 0 Å². The molecule has 0 saturated heterocycles. The number of aromatic nitrogens is 1. The molecule has 0 aliphatic heterocycles. The van der Waals surface area contributed by atoms with E-state index in [9.17, 15) is 18.0 Å². The zero-order valence-electron chi connectivity index (χ0n) is 15.1. The van der Waals surface area contributed by atoms with Gasteiger partial charge in [0.05, 0.1) is 22.9 Å². The van der Waals surface area contributed by atoms with Gasteiger partial charge < -0.3 is 0 Å². The Morgan fingerprint density at radius 3 is 2.41 bits per heavy atom. The topological polar surface area (TPSA) is 129 Å². The average molecular weight is 408 g/mol. The summed E-state index contributed by atoms with van der Waals surface area (Å²) in [6.07, 6.45) is 0. The van der Waals surface area contributed by atoms with Gasteiger partial charge in [-0.2, -0.15) is 5.26 Å². The van der Waals surface area contributed by atoms with Crippen LogP contribution in [0.1, 0.15) is 21.6 Å². The summed E-state index contributed by atoms with van der Waals surface area (Å²) in [5.41, 5.74) is 5.83. The Morgan fingerprint density at radius 2 is 1.69 bits per heavy atom. The first kappa shape index (κ1) is 20.0. The molecule has 1 heterocycles. The lowest BCUT2D eigenvalue weighted by molar-refractivity contribution is -0.119. The van der Waals surface area contributed by atoms with Crippen molar-refractivity contribution in [1.82, 2.24) is 15.8 Å². The van der Waals surface area contributed by atoms with E-state index in [4.69, 9.17) is 5.26 Å². The average Bonchev–Trinajstić information content (AvgIpc) is 2.71. The molecule has 0 aliphatic carbocycles. The summed E-state index contributed by atoms with van der Waals surface area (Å²) in [5, 5.41) is 9.62. The second-order valence-electron chi connectivity index (χ2n) is 6.23. The molecule has 8 nitrogen and oxygen atoms in total. The third-order valence-electron chi connectivity index (χ3n) is 3.97. The van der Waals surface area contributed by atoms with Crippen molar-refractivity contribution in [3.63, 3.8) is 0 Å². The normalized spacial score (nSPS) is 10.9. The molecule has 0 bridgehead atoms. The molecule has 0 unspecified atom stereocenters. The van der Waals surface area contributed by atoms with Crippen LogP contribution >= 0.6 is 0 Å². The van der Waals surface area contributed by atoms with Crippen molar-refractivity contribution in [2.45, 2.75) is 5.75 Å². The number of hydrogen-bond donors (Lipinski definition) is 2. The van der Waals surface area contributed by atoms with Crippen LogP contribution in [0.2, 0.25) is 0 Å². The van der Waals surface area contributed by atoms with E-state index >= 15 is 0 Å². The summed E-state index contributed by atoms with van der Waals surface area (Å²) in [6.45, 7) is 0. The Balaban J connectivity index is 1.56. The van der Waals surface area contributed by atoms with E-state index in [0.29, 0.717) is 16.6 Å². The van der Waals surface area contributed by atoms with E-state index in [1.54, 1.807) is 18.2 Å². The third kappa shape index (κ3) is 5.37. The highest BCUT2D eigenvalue weighted by Gasteiger charge is 2.18. The van der Waals surface area contributed by atoms with E-state index in [2.05, 4.69) is 15.8 Å². The maximum atomic E-state index is 12.2. The van der Waals surface area contributed by atoms with Gasteiger partial charge in [-0.15, -0.1) is 0 Å². The SMILES string of the molecule is N#Cc1ccc(CS(=O)(=O)CC(=O)NNC(=O)c2ccc3ccccc3n2)cc1. The molecule has 0 fully saturated rings. The summed E-state index contributed by atoms with van der Waals surface area (Å²) in [5.74, 6) is -2.67. The van der Waals surface area contributed by atoms with Gasteiger partial charge in [0.25, 0.3) is 11.8 Å². The highest BCUT2D eigenvalue weighted by molar-refractivity contribution is 7.91. The number of para-hydroxylation sites is 1. The minimum absolute atomic E-state index is 0.0874. The minimum atomic E-state index is -3.76. The van der Waals surface area contributed by atoms with Crippen molar-refractivity contribution < 1.29 is 18.0 Å². The molecule has 2 amide bonds. The Labute approximate surface area is 167 Å². The van der Waals surface area contributed by atoms with Crippen molar-refractivity contribution in [2.75, 3.05) is 5.75 Å². The van der Waals surface area contributed by atoms with Crippen molar-refractivity contribution in [3.8, 4) is 6.07 Å². The Morgan fingerprint density at radius 1 is 0.966 bits per heavy atom. The van der Waals surface area contributed by atoms with Crippen molar-refractivity contribution in [1.29, 1.82) is 5.26 Å². The molecule has 0 spiro atoms. The van der Waals surface area contributed by atoms with Gasteiger partial charge in [-0.25, -0.2) is 13.4 Å². The Bertz CT molecular complexity index is 1220. The molecular weight excluding hydrogens is 392 g/mol. The van der Waals surface area contributed by atoms with Crippen LogP contribution in [0.3, 0.4) is 0 Å². The van der Waals surface area contributed by atoms with E-state index in [-0.39, 0.29) is 11.4 Å². The molecule has 146 valence electrons. The number of amides is 2. The first-order chi connectivity index (χ1) is 13.9. The minimum Gasteiger partial charge on any atom is -0.272 e. The Kier molecular flexibility index (Phi) is 5.85. The number of nitrogens with one attached hydrogen (secondary N) is 2. The molecule has 2 N–H and O–H groups in total. The lowest BCUT2D eigenvalue weighted by Gasteiger charge is -2.08. The lowest BCUT2D eigenvalue weighted by Crippen LogP contribution is -2.44. The second-order valence-corrected chi connectivity index (χ2v) is 8.30. The first-order valence-electron chi connectivity index (χ1n) is 8.51. The van der Waals surface area contributed by atoms with Crippen LogP contribution in [-0.4, -0.2) is 31.0 Å². The zero-order valence-corrected chi connectivity index (χ0v) is 15.9. The van der Waals surface area contributed by atoms with Crippen LogP contribution in [0, 0.1) is 11.3 Å². The molecule has 2 aromatic carbocycles. The molecule has 0 atom stereocenters. The number of benzene rings is 2. The molecule has 1 aromatic heterocycles. The molecule has 3 aromatic rings. The lowest BCUT2D eigenvalue weighted by atomic mass is 10.2. The number of sulfone groups is 1. The monoisotopic (exact) mass is 408 g/mol. The maximum absolute atomic E-state index is 12.2. The van der Waals surface area contributed by atoms with Crippen LogP contribution in [0.5, 0.6) is 0 Å². The molecule has 0 radical (unpaired) electrons. The highest BCUT2D eigenvalue weighted by atomic mass is 32.2. The van der Waals surface area contributed by atoms with Gasteiger partial charge >= 0.3 is 0 Å². The van der Waals surface area contributed by atoms with Crippen LogP contribution in [0.25, 0.3) is 10.9 Å². The summed E-state index contributed by atoms with van der Waals surface area (Å²) < 4.78 is 24.4. The van der Waals surface area contributed by atoms with Gasteiger partial charge in [0, 0.05) is 5.39 Å². The number of pyridine rings is 1. The largest absolute Gasteiger partial charge is 0.288 e. The Hall–Kier alpha value is -3.77. The highest BCUT2D eigenvalue weighted by Crippen LogP contribution is 2.11. The van der Waals surface area contributed by atoms with Gasteiger partial charge in [0.1, 0.15) is 11.4 Å². The van der Waals surface area contributed by atoms with Crippen LogP contribution in [0.15, 0.2) is 60.7 Å². The molecule has 3 rings (SSSR count). The summed E-state index contributed by atoms with van der Waals surface area (Å²) in [4.78, 5) is 28.3. The van der Waals surface area contributed by atoms with Gasteiger partial charge in [0.2, 0.25) is 0 Å². The van der Waals surface area contributed by atoms with Crippen LogP contribution in [-0.2, 0) is 20.4 Å². The third-order valence-corrected chi connectivity index (χ3v) is 5.44. The van der Waals surface area contributed by atoms with Gasteiger partial charge in [-0.3, -0.25) is 20.4 Å². The predicted octanol–water partition coefficient (Wildman–Crippen LogP) is 1.48. The summed E-state index contributed by atoms with van der Waals surface area (Å²) in [6, 6.07) is 18.4. The van der Waals surface area contributed by atoms with Gasteiger partial charge in [-0.1, -0.05) is 36.4 Å². The zero-order chi connectivity index (χ0) is 20.9. The van der Waals surface area contributed by atoms with Crippen molar-refractivity contribution >= 4 is 32.6 Å². The molecule has 0 saturated carbocycles. The molecule has 0 aliphatic rings. The van der Waals surface area contributed by atoms with Gasteiger partial charge in [0.15, 0.2) is 9.84 Å². The molecule has 29 heavy (non-hydrogen) atoms. The van der Waals surface area contributed by atoms with E-state index in [1.807, 2.05) is 18.2 Å². The fraction of sp³-hybridized carbons (Fsp3) is 0.100. The van der Waals surface area contributed by atoms with Gasteiger partial charge in [-0.05, 0) is 29.8 Å². The summed E-state index contributed by atoms with van der Waals surface area (Å²) in [7, 11) is -3.76. The number of carbonyl (C=O) groups excluding carboxylic acids is 2. The standard InChI is InChI=1S/C20H16N4O4S/c21-11-14-5-7-15(8-6-14)12-29(27,28)13-19(25)23-24-20(26)18-10-9-16-3-1-2-4-17(16)22-18/h1-10H,12-13H2,(H,23,25)(H,24,26). The quantitative estimate of drug-likeness (QED) is 0.615. The fourth-order valence-corrected chi connectivity index (χ4v) is 3.87. The van der Waals surface area contributed by atoms with Crippen molar-refractivity contribution in [3.05, 3.63) is 77.5 Å². The number of fused-ring (bicyclic) bond motifs is 1. The molecule has 9 heteroatoms.